The van der Waals surface area contributed by atoms with Crippen LogP contribution in [0.1, 0.15) is 32.0 Å². The Morgan fingerprint density at radius 3 is 2.55 bits per heavy atom. The molecule has 2 aromatic rings. The van der Waals surface area contributed by atoms with E-state index in [1.807, 2.05) is 0 Å². The van der Waals surface area contributed by atoms with Crippen molar-refractivity contribution >= 4 is 27.7 Å². The van der Waals surface area contributed by atoms with Crippen molar-refractivity contribution in [3.63, 3.8) is 0 Å². The van der Waals surface area contributed by atoms with Gasteiger partial charge in [-0.3, -0.25) is 9.78 Å². The van der Waals surface area contributed by atoms with Crippen molar-refractivity contribution in [2.24, 2.45) is 0 Å². The van der Waals surface area contributed by atoms with Crippen LogP contribution in [0.5, 0.6) is 0 Å². The number of nitrogens with zero attached hydrogens (tertiary/aromatic N) is 1. The van der Waals surface area contributed by atoms with Gasteiger partial charge >= 0.3 is 5.97 Å². The second-order valence-electron chi connectivity index (χ2n) is 4.00. The van der Waals surface area contributed by atoms with E-state index in [4.69, 9.17) is 5.11 Å². The van der Waals surface area contributed by atoms with Crippen LogP contribution in [-0.2, 0) is 6.67 Å². The lowest BCUT2D eigenvalue weighted by molar-refractivity contribution is 0.0694. The van der Waals surface area contributed by atoms with Gasteiger partial charge in [-0.25, -0.2) is 9.18 Å². The number of halogens is 2. The molecule has 1 aromatic heterocycles. The molecule has 0 radical (unpaired) electrons. The first-order valence-corrected chi connectivity index (χ1v) is 6.40. The number of aromatic carboxylic acids is 1. The van der Waals surface area contributed by atoms with Gasteiger partial charge in [0.1, 0.15) is 12.4 Å². The summed E-state index contributed by atoms with van der Waals surface area (Å²) < 4.78 is 13.4. The average molecular weight is 338 g/mol. The molecular weight excluding hydrogens is 329 g/mol. The van der Waals surface area contributed by atoms with Gasteiger partial charge in [0.2, 0.25) is 5.78 Å². The zero-order valence-electron chi connectivity index (χ0n) is 10.1. The average Bonchev–Trinajstić information content (AvgIpc) is 2.46. The number of carboxylic acids is 1. The molecule has 4 nitrogen and oxygen atoms in total. The molecule has 20 heavy (non-hydrogen) atoms. The van der Waals surface area contributed by atoms with Crippen molar-refractivity contribution in [3.05, 3.63) is 63.4 Å². The predicted molar refractivity (Wildman–Crippen MR) is 73.6 cm³/mol. The lowest BCUT2D eigenvalue weighted by atomic mass is 10.0. The fourth-order valence-electron chi connectivity index (χ4n) is 1.69. The van der Waals surface area contributed by atoms with Crippen LogP contribution in [-0.4, -0.2) is 21.8 Å². The third kappa shape index (κ3) is 2.91. The van der Waals surface area contributed by atoms with Crippen LogP contribution in [0.25, 0.3) is 0 Å². The number of carbonyl (C=O) groups excluding carboxylic acids is 1. The van der Waals surface area contributed by atoms with Gasteiger partial charge in [0.15, 0.2) is 0 Å². The molecule has 0 saturated heterocycles. The second-order valence-corrected chi connectivity index (χ2v) is 4.92. The van der Waals surface area contributed by atoms with Crippen LogP contribution in [0.4, 0.5) is 4.39 Å². The smallest absolute Gasteiger partial charge is 0.336 e. The van der Waals surface area contributed by atoms with E-state index in [0.29, 0.717) is 0 Å². The highest BCUT2D eigenvalue weighted by Gasteiger charge is 2.16. The third-order valence-corrected chi connectivity index (χ3v) is 3.18. The molecule has 2 rings (SSSR count). The summed E-state index contributed by atoms with van der Waals surface area (Å²) in [5.74, 6) is -1.68. The quantitative estimate of drug-likeness (QED) is 0.869. The fourth-order valence-corrected chi connectivity index (χ4v) is 1.93. The van der Waals surface area contributed by atoms with Crippen LogP contribution >= 0.6 is 15.9 Å². The molecule has 0 aliphatic heterocycles. The second kappa shape index (κ2) is 5.92. The highest BCUT2D eigenvalue weighted by atomic mass is 79.9. The Balaban J connectivity index is 2.42. The molecule has 0 bridgehead atoms. The van der Waals surface area contributed by atoms with Gasteiger partial charge in [0.25, 0.3) is 0 Å². The predicted octanol–water partition coefficient (Wildman–Crippen LogP) is 3.24. The van der Waals surface area contributed by atoms with Gasteiger partial charge in [0, 0.05) is 16.2 Å². The third-order valence-electron chi connectivity index (χ3n) is 2.71. The molecular formula is C14H9BrFNO3. The first-order chi connectivity index (χ1) is 9.52. The first kappa shape index (κ1) is 14.3. The number of ketones is 1. The van der Waals surface area contributed by atoms with Gasteiger partial charge in [-0.1, -0.05) is 12.1 Å². The Bertz CT molecular complexity index is 671. The van der Waals surface area contributed by atoms with E-state index in [-0.39, 0.29) is 22.4 Å². The van der Waals surface area contributed by atoms with Crippen LogP contribution in [0.15, 0.2) is 41.0 Å². The van der Waals surface area contributed by atoms with Gasteiger partial charge in [0.05, 0.1) is 5.56 Å². The SMILES string of the molecule is O=C(c1ccc(CF)c(C(=O)O)c1)c1ccc(Br)cn1. The highest BCUT2D eigenvalue weighted by Crippen LogP contribution is 2.17. The molecule has 1 aromatic carbocycles. The Kier molecular flexibility index (Phi) is 4.24. The molecule has 0 atom stereocenters. The summed E-state index contributed by atoms with van der Waals surface area (Å²) >= 11 is 3.21. The van der Waals surface area contributed by atoms with Gasteiger partial charge in [-0.05, 0) is 39.7 Å². The molecule has 0 aliphatic carbocycles. The molecule has 0 amide bonds. The minimum Gasteiger partial charge on any atom is -0.478 e. The maximum atomic E-state index is 12.7. The van der Waals surface area contributed by atoms with Gasteiger partial charge < -0.3 is 5.11 Å². The van der Waals surface area contributed by atoms with Crippen molar-refractivity contribution < 1.29 is 19.1 Å². The van der Waals surface area contributed by atoms with Crippen molar-refractivity contribution in [1.82, 2.24) is 4.98 Å². The topological polar surface area (TPSA) is 67.3 Å². The zero-order chi connectivity index (χ0) is 14.7. The minimum absolute atomic E-state index is 0.0396. The Hall–Kier alpha value is -2.08. The monoisotopic (exact) mass is 337 g/mol. The maximum Gasteiger partial charge on any atom is 0.336 e. The number of aromatic nitrogens is 1. The Labute approximate surface area is 122 Å². The van der Waals surface area contributed by atoms with E-state index < -0.39 is 18.4 Å². The standard InChI is InChI=1S/C14H9BrFNO3/c15-10-3-4-12(17-7-10)13(18)8-1-2-9(6-16)11(5-8)14(19)20/h1-5,7H,6H2,(H,19,20). The number of carboxylic acid groups (broad SMARTS) is 1. The molecule has 102 valence electrons. The number of carbonyl (C=O) groups is 2. The number of pyridine rings is 1. The summed E-state index contributed by atoms with van der Waals surface area (Å²) in [5.41, 5.74) is 0.181. The van der Waals surface area contributed by atoms with Crippen LogP contribution < -0.4 is 0 Å². The summed E-state index contributed by atoms with van der Waals surface area (Å²) in [6, 6.07) is 7.05. The number of rotatable bonds is 4. The van der Waals surface area contributed by atoms with E-state index in [9.17, 15) is 14.0 Å². The van der Waals surface area contributed by atoms with E-state index in [0.717, 1.165) is 4.47 Å². The van der Waals surface area contributed by atoms with Crippen LogP contribution in [0, 0.1) is 0 Å². The Morgan fingerprint density at radius 1 is 1.25 bits per heavy atom. The van der Waals surface area contributed by atoms with Crippen molar-refractivity contribution in [2.75, 3.05) is 0 Å². The highest BCUT2D eigenvalue weighted by molar-refractivity contribution is 9.10. The lowest BCUT2D eigenvalue weighted by Crippen LogP contribution is -2.08. The van der Waals surface area contributed by atoms with E-state index in [2.05, 4.69) is 20.9 Å². The fraction of sp³-hybridized carbons (Fsp3) is 0.0714. The molecule has 0 fully saturated rings. The summed E-state index contributed by atoms with van der Waals surface area (Å²) in [6.45, 7) is -0.896. The van der Waals surface area contributed by atoms with Crippen LogP contribution in [0.3, 0.4) is 0 Å². The van der Waals surface area contributed by atoms with Crippen molar-refractivity contribution in [1.29, 1.82) is 0 Å². The van der Waals surface area contributed by atoms with E-state index in [1.54, 1.807) is 6.07 Å². The molecule has 0 spiro atoms. The zero-order valence-corrected chi connectivity index (χ0v) is 11.7. The number of alkyl halides is 1. The molecule has 0 saturated carbocycles. The van der Waals surface area contributed by atoms with Crippen LogP contribution in [0.2, 0.25) is 0 Å². The lowest BCUT2D eigenvalue weighted by Gasteiger charge is -2.05. The minimum atomic E-state index is -1.27. The normalized spacial score (nSPS) is 10.3. The first-order valence-electron chi connectivity index (χ1n) is 5.61. The molecule has 1 heterocycles. The van der Waals surface area contributed by atoms with E-state index in [1.165, 1.54) is 30.5 Å². The van der Waals surface area contributed by atoms with Gasteiger partial charge in [-0.15, -0.1) is 0 Å². The summed E-state index contributed by atoms with van der Waals surface area (Å²) in [5, 5.41) is 9.01. The summed E-state index contributed by atoms with van der Waals surface area (Å²) in [6.07, 6.45) is 1.47. The molecule has 0 unspecified atom stereocenters. The summed E-state index contributed by atoms with van der Waals surface area (Å²) in [7, 11) is 0. The largest absolute Gasteiger partial charge is 0.478 e. The number of benzene rings is 1. The maximum absolute atomic E-state index is 12.7. The number of hydrogen-bond acceptors (Lipinski definition) is 3. The van der Waals surface area contributed by atoms with Crippen molar-refractivity contribution in [3.8, 4) is 0 Å². The Morgan fingerprint density at radius 2 is 2.00 bits per heavy atom. The van der Waals surface area contributed by atoms with Gasteiger partial charge in [-0.2, -0.15) is 0 Å². The molecule has 1 N–H and O–H groups in total. The molecule has 0 aliphatic rings. The number of hydrogen-bond donors (Lipinski definition) is 1. The van der Waals surface area contributed by atoms with E-state index >= 15 is 0 Å². The van der Waals surface area contributed by atoms with Crippen molar-refractivity contribution in [2.45, 2.75) is 6.67 Å². The molecule has 6 heteroatoms. The summed E-state index contributed by atoms with van der Waals surface area (Å²) in [4.78, 5) is 27.2.